The van der Waals surface area contributed by atoms with Crippen LogP contribution in [0.25, 0.3) is 10.9 Å². The number of hydrogen-bond donors (Lipinski definition) is 2. The van der Waals surface area contributed by atoms with E-state index in [2.05, 4.69) is 46.9 Å². The molecular formula is C29H40N4O3S. The van der Waals surface area contributed by atoms with E-state index in [-0.39, 0.29) is 5.56 Å². The molecular weight excluding hydrogens is 484 g/mol. The zero-order chi connectivity index (χ0) is 26.9. The first-order chi connectivity index (χ1) is 17.8. The Kier molecular flexibility index (Phi) is 10.3. The summed E-state index contributed by atoms with van der Waals surface area (Å²) in [5.74, 6) is 1.42. The van der Waals surface area contributed by atoms with Gasteiger partial charge in [-0.25, -0.2) is 0 Å². The molecule has 1 heterocycles. The fourth-order valence-corrected chi connectivity index (χ4v) is 4.81. The van der Waals surface area contributed by atoms with Crippen molar-refractivity contribution in [2.24, 2.45) is 0 Å². The number of hydrogen-bond acceptors (Lipinski definition) is 5. The SMILES string of the molecule is CCN(CC)CCN(Cc1cc2c(C)cc(C)cc2[nH]c1=O)C(=S)NCCc1ccc(OC)c(OC)c1. The lowest BCUT2D eigenvalue weighted by molar-refractivity contribution is 0.263. The maximum absolute atomic E-state index is 13.0. The molecule has 0 atom stereocenters. The van der Waals surface area contributed by atoms with Gasteiger partial charge in [0, 0.05) is 36.1 Å². The minimum absolute atomic E-state index is 0.0709. The molecule has 2 aromatic carbocycles. The smallest absolute Gasteiger partial charge is 0.253 e. The number of rotatable bonds is 12. The van der Waals surface area contributed by atoms with Crippen LogP contribution in [0.15, 0.2) is 41.2 Å². The van der Waals surface area contributed by atoms with Crippen LogP contribution in [0.2, 0.25) is 0 Å². The van der Waals surface area contributed by atoms with Crippen molar-refractivity contribution < 1.29 is 9.47 Å². The van der Waals surface area contributed by atoms with Gasteiger partial charge in [0.05, 0.1) is 20.8 Å². The molecule has 3 aromatic rings. The number of nitrogens with one attached hydrogen (secondary N) is 2. The second-order valence-corrected chi connectivity index (χ2v) is 9.67. The van der Waals surface area contributed by atoms with Gasteiger partial charge in [-0.15, -0.1) is 0 Å². The monoisotopic (exact) mass is 524 g/mol. The zero-order valence-corrected chi connectivity index (χ0v) is 23.8. The van der Waals surface area contributed by atoms with E-state index in [1.54, 1.807) is 14.2 Å². The highest BCUT2D eigenvalue weighted by molar-refractivity contribution is 7.80. The number of aromatic amines is 1. The van der Waals surface area contributed by atoms with Crippen molar-refractivity contribution in [1.82, 2.24) is 20.1 Å². The lowest BCUT2D eigenvalue weighted by Gasteiger charge is -2.29. The van der Waals surface area contributed by atoms with Gasteiger partial charge >= 0.3 is 0 Å². The molecule has 0 radical (unpaired) electrons. The average Bonchev–Trinajstić information content (AvgIpc) is 2.88. The van der Waals surface area contributed by atoms with E-state index in [4.69, 9.17) is 21.7 Å². The van der Waals surface area contributed by atoms with Gasteiger partial charge in [0.15, 0.2) is 16.6 Å². The predicted molar refractivity (Wildman–Crippen MR) is 156 cm³/mol. The largest absolute Gasteiger partial charge is 0.493 e. The van der Waals surface area contributed by atoms with Crippen LogP contribution in [0, 0.1) is 13.8 Å². The first-order valence-electron chi connectivity index (χ1n) is 12.9. The van der Waals surface area contributed by atoms with Crippen molar-refractivity contribution in [3.63, 3.8) is 0 Å². The molecule has 0 saturated carbocycles. The summed E-state index contributed by atoms with van der Waals surface area (Å²) in [7, 11) is 3.27. The van der Waals surface area contributed by atoms with Gasteiger partial charge in [-0.3, -0.25) is 4.79 Å². The first-order valence-corrected chi connectivity index (χ1v) is 13.3. The fourth-order valence-electron chi connectivity index (χ4n) is 4.56. The highest BCUT2D eigenvalue weighted by Crippen LogP contribution is 2.27. The summed E-state index contributed by atoms with van der Waals surface area (Å²) in [4.78, 5) is 20.5. The highest BCUT2D eigenvalue weighted by atomic mass is 32.1. The molecule has 7 nitrogen and oxygen atoms in total. The molecule has 0 spiro atoms. The van der Waals surface area contributed by atoms with Crippen LogP contribution in [-0.2, 0) is 13.0 Å². The van der Waals surface area contributed by atoms with Gasteiger partial charge in [-0.1, -0.05) is 26.0 Å². The topological polar surface area (TPSA) is 69.8 Å². The first kappa shape index (κ1) is 28.5. The molecule has 0 aliphatic heterocycles. The molecule has 0 aliphatic carbocycles. The molecule has 3 rings (SSSR count). The van der Waals surface area contributed by atoms with Crippen molar-refractivity contribution in [2.75, 3.05) is 46.9 Å². The number of nitrogens with zero attached hydrogens (tertiary/aromatic N) is 2. The summed E-state index contributed by atoms with van der Waals surface area (Å²) in [6.45, 7) is 13.1. The Morgan fingerprint density at radius 2 is 1.73 bits per heavy atom. The van der Waals surface area contributed by atoms with Crippen LogP contribution in [-0.4, -0.2) is 66.8 Å². The Bertz CT molecular complexity index is 1270. The van der Waals surface area contributed by atoms with Crippen LogP contribution in [0.5, 0.6) is 11.5 Å². The summed E-state index contributed by atoms with van der Waals surface area (Å²) in [6, 6.07) is 12.1. The van der Waals surface area contributed by atoms with E-state index in [1.807, 2.05) is 37.3 Å². The molecule has 0 amide bonds. The molecule has 0 bridgehead atoms. The third-order valence-corrected chi connectivity index (χ3v) is 7.16. The molecule has 8 heteroatoms. The number of benzene rings is 2. The highest BCUT2D eigenvalue weighted by Gasteiger charge is 2.15. The van der Waals surface area contributed by atoms with E-state index in [0.29, 0.717) is 35.3 Å². The lowest BCUT2D eigenvalue weighted by Crippen LogP contribution is -2.44. The number of thiocarbonyl (C=S) groups is 1. The van der Waals surface area contributed by atoms with Crippen molar-refractivity contribution >= 4 is 28.2 Å². The summed E-state index contributed by atoms with van der Waals surface area (Å²) >= 11 is 5.82. The minimum atomic E-state index is -0.0709. The summed E-state index contributed by atoms with van der Waals surface area (Å²) in [6.07, 6.45) is 0.777. The van der Waals surface area contributed by atoms with E-state index >= 15 is 0 Å². The number of pyridine rings is 1. The van der Waals surface area contributed by atoms with Crippen LogP contribution in [0.4, 0.5) is 0 Å². The standard InChI is InChI=1S/C29H40N4O3S/c1-7-32(8-2)13-14-33(19-23-18-24-21(4)15-20(3)16-25(24)31-28(23)34)29(37)30-12-11-22-9-10-26(35-5)27(17-22)36-6/h9-10,15-18H,7-8,11-14,19H2,1-6H3,(H,30,37)(H,31,34). The number of likely N-dealkylation sites (N-methyl/N-ethyl adjacent to an activating group) is 1. The Labute approximate surface area is 225 Å². The molecule has 0 fully saturated rings. The fraction of sp³-hybridized carbons (Fsp3) is 0.448. The van der Waals surface area contributed by atoms with Crippen LogP contribution >= 0.6 is 12.2 Å². The van der Waals surface area contributed by atoms with Gasteiger partial charge in [0.1, 0.15) is 0 Å². The third-order valence-electron chi connectivity index (χ3n) is 6.76. The van der Waals surface area contributed by atoms with E-state index < -0.39 is 0 Å². The number of ether oxygens (including phenoxy) is 2. The zero-order valence-electron chi connectivity index (χ0n) is 22.9. The van der Waals surface area contributed by atoms with E-state index in [0.717, 1.165) is 60.2 Å². The predicted octanol–water partition coefficient (Wildman–Crippen LogP) is 4.42. The Hall–Kier alpha value is -3.10. The Morgan fingerprint density at radius 1 is 1.00 bits per heavy atom. The van der Waals surface area contributed by atoms with Gasteiger partial charge in [-0.2, -0.15) is 0 Å². The Morgan fingerprint density at radius 3 is 2.41 bits per heavy atom. The van der Waals surface area contributed by atoms with Crippen LogP contribution in [0.3, 0.4) is 0 Å². The number of methoxy groups -OCH3 is 2. The molecule has 0 unspecified atom stereocenters. The lowest BCUT2D eigenvalue weighted by atomic mass is 10.0. The second kappa shape index (κ2) is 13.4. The summed E-state index contributed by atoms with van der Waals surface area (Å²) < 4.78 is 10.8. The van der Waals surface area contributed by atoms with Crippen molar-refractivity contribution in [1.29, 1.82) is 0 Å². The van der Waals surface area contributed by atoms with Gasteiger partial charge in [0.25, 0.3) is 5.56 Å². The molecule has 0 aliphatic rings. The summed E-state index contributed by atoms with van der Waals surface area (Å²) in [5.41, 5.74) is 4.92. The normalized spacial score (nSPS) is 11.1. The maximum Gasteiger partial charge on any atom is 0.253 e. The molecule has 1 aromatic heterocycles. The number of fused-ring (bicyclic) bond motifs is 1. The van der Waals surface area contributed by atoms with Crippen LogP contribution < -0.4 is 20.3 Å². The van der Waals surface area contributed by atoms with E-state index in [1.165, 1.54) is 0 Å². The molecule has 200 valence electrons. The van der Waals surface area contributed by atoms with Gasteiger partial charge in [-0.05, 0) is 86.5 Å². The average molecular weight is 525 g/mol. The van der Waals surface area contributed by atoms with Crippen molar-refractivity contribution in [3.05, 3.63) is 69.0 Å². The van der Waals surface area contributed by atoms with Crippen molar-refractivity contribution in [3.8, 4) is 11.5 Å². The molecule has 2 N–H and O–H groups in total. The Balaban J connectivity index is 1.76. The van der Waals surface area contributed by atoms with E-state index in [9.17, 15) is 4.79 Å². The molecule has 37 heavy (non-hydrogen) atoms. The van der Waals surface area contributed by atoms with Crippen molar-refractivity contribution in [2.45, 2.75) is 40.7 Å². The number of aryl methyl sites for hydroxylation is 2. The maximum atomic E-state index is 13.0. The minimum Gasteiger partial charge on any atom is -0.493 e. The second-order valence-electron chi connectivity index (χ2n) is 9.29. The quantitative estimate of drug-likeness (QED) is 0.340. The number of aromatic nitrogens is 1. The molecule has 0 saturated heterocycles. The van der Waals surface area contributed by atoms with Gasteiger partial charge < -0.3 is 29.6 Å². The third kappa shape index (κ3) is 7.46. The van der Waals surface area contributed by atoms with Crippen LogP contribution in [0.1, 0.15) is 36.1 Å². The van der Waals surface area contributed by atoms with Gasteiger partial charge in [0.2, 0.25) is 0 Å². The summed E-state index contributed by atoms with van der Waals surface area (Å²) in [5, 5.41) is 5.12. The number of H-pyrrole nitrogens is 1.